The van der Waals surface area contributed by atoms with Crippen molar-refractivity contribution in [1.82, 2.24) is 5.32 Å². The van der Waals surface area contributed by atoms with Crippen LogP contribution in [0.3, 0.4) is 0 Å². The van der Waals surface area contributed by atoms with Gasteiger partial charge in [0.05, 0.1) is 6.10 Å². The molecule has 0 bridgehead atoms. The predicted molar refractivity (Wildman–Crippen MR) is 57.8 cm³/mol. The highest BCUT2D eigenvalue weighted by Crippen LogP contribution is 2.24. The Labute approximate surface area is 82.7 Å². The fourth-order valence-electron chi connectivity index (χ4n) is 0.926. The van der Waals surface area contributed by atoms with E-state index in [0.29, 0.717) is 11.3 Å². The van der Waals surface area contributed by atoms with Gasteiger partial charge in [0.1, 0.15) is 0 Å². The van der Waals surface area contributed by atoms with Crippen LogP contribution in [0.15, 0.2) is 0 Å². The van der Waals surface area contributed by atoms with Crippen molar-refractivity contribution in [3.05, 3.63) is 0 Å². The van der Waals surface area contributed by atoms with E-state index in [-0.39, 0.29) is 6.10 Å². The quantitative estimate of drug-likeness (QED) is 0.624. The van der Waals surface area contributed by atoms with Crippen LogP contribution in [0.1, 0.15) is 41.0 Å². The SMILES string of the molecule is CC(O)CCNCC(C)(C)C(C)C. The summed E-state index contributed by atoms with van der Waals surface area (Å²) in [5.74, 6) is 0.687. The number of hydrogen-bond donors (Lipinski definition) is 2. The van der Waals surface area contributed by atoms with Gasteiger partial charge in [-0.1, -0.05) is 27.7 Å². The van der Waals surface area contributed by atoms with Crippen molar-refractivity contribution in [2.45, 2.75) is 47.1 Å². The van der Waals surface area contributed by atoms with Crippen LogP contribution in [-0.2, 0) is 0 Å². The van der Waals surface area contributed by atoms with E-state index >= 15 is 0 Å². The van der Waals surface area contributed by atoms with Crippen LogP contribution in [0.5, 0.6) is 0 Å². The second-order valence-electron chi connectivity index (χ2n) is 4.96. The summed E-state index contributed by atoms with van der Waals surface area (Å²) >= 11 is 0. The molecule has 2 N–H and O–H groups in total. The Morgan fingerprint density at radius 1 is 1.23 bits per heavy atom. The molecule has 0 saturated carbocycles. The Hall–Kier alpha value is -0.0800. The van der Waals surface area contributed by atoms with Crippen LogP contribution in [0.4, 0.5) is 0 Å². The lowest BCUT2D eigenvalue weighted by Gasteiger charge is -2.29. The average molecular weight is 187 g/mol. The van der Waals surface area contributed by atoms with Crippen LogP contribution in [-0.4, -0.2) is 24.3 Å². The summed E-state index contributed by atoms with van der Waals surface area (Å²) in [7, 11) is 0. The van der Waals surface area contributed by atoms with Gasteiger partial charge in [-0.2, -0.15) is 0 Å². The lowest BCUT2D eigenvalue weighted by molar-refractivity contribution is 0.177. The molecule has 0 aliphatic rings. The summed E-state index contributed by atoms with van der Waals surface area (Å²) in [6.07, 6.45) is 0.656. The van der Waals surface area contributed by atoms with Gasteiger partial charge in [-0.05, 0) is 31.2 Å². The molecular weight excluding hydrogens is 162 g/mol. The number of rotatable bonds is 6. The van der Waals surface area contributed by atoms with E-state index in [4.69, 9.17) is 5.11 Å². The van der Waals surface area contributed by atoms with Crippen molar-refractivity contribution in [2.24, 2.45) is 11.3 Å². The first-order chi connectivity index (χ1) is 5.86. The zero-order valence-corrected chi connectivity index (χ0v) is 9.72. The van der Waals surface area contributed by atoms with Crippen LogP contribution in [0.25, 0.3) is 0 Å². The Morgan fingerprint density at radius 2 is 1.77 bits per heavy atom. The minimum Gasteiger partial charge on any atom is -0.393 e. The normalized spacial score (nSPS) is 15.0. The molecular formula is C11H25NO. The predicted octanol–water partition coefficient (Wildman–Crippen LogP) is 2.03. The van der Waals surface area contributed by atoms with Gasteiger partial charge in [-0.3, -0.25) is 0 Å². The summed E-state index contributed by atoms with van der Waals surface area (Å²) in [6.45, 7) is 12.8. The number of aliphatic hydroxyl groups is 1. The van der Waals surface area contributed by atoms with Gasteiger partial charge in [-0.25, -0.2) is 0 Å². The summed E-state index contributed by atoms with van der Waals surface area (Å²) in [6, 6.07) is 0. The summed E-state index contributed by atoms with van der Waals surface area (Å²) in [5.41, 5.74) is 0.346. The monoisotopic (exact) mass is 187 g/mol. The molecule has 0 saturated heterocycles. The molecule has 1 atom stereocenters. The van der Waals surface area contributed by atoms with E-state index in [2.05, 4.69) is 33.0 Å². The largest absolute Gasteiger partial charge is 0.393 e. The molecule has 0 aromatic heterocycles. The molecule has 80 valence electrons. The lowest BCUT2D eigenvalue weighted by Crippen LogP contribution is -2.34. The van der Waals surface area contributed by atoms with Crippen molar-refractivity contribution < 1.29 is 5.11 Å². The Bertz CT molecular complexity index is 130. The van der Waals surface area contributed by atoms with Gasteiger partial charge >= 0.3 is 0 Å². The molecule has 0 fully saturated rings. The molecule has 1 unspecified atom stereocenters. The van der Waals surface area contributed by atoms with Crippen molar-refractivity contribution in [3.63, 3.8) is 0 Å². The zero-order valence-electron chi connectivity index (χ0n) is 9.72. The van der Waals surface area contributed by atoms with Crippen LogP contribution < -0.4 is 5.32 Å². The molecule has 0 spiro atoms. The highest BCUT2D eigenvalue weighted by molar-refractivity contribution is 4.74. The minimum atomic E-state index is -0.185. The van der Waals surface area contributed by atoms with Gasteiger partial charge in [0.25, 0.3) is 0 Å². The molecule has 0 rings (SSSR count). The maximum atomic E-state index is 9.05. The standard InChI is InChI=1S/C11H25NO/c1-9(2)11(4,5)8-12-7-6-10(3)13/h9-10,12-13H,6-8H2,1-5H3. The third-order valence-electron chi connectivity index (χ3n) is 2.88. The third kappa shape index (κ3) is 6.05. The van der Waals surface area contributed by atoms with Crippen LogP contribution in [0.2, 0.25) is 0 Å². The molecule has 0 aliphatic heterocycles. The molecule has 0 heterocycles. The lowest BCUT2D eigenvalue weighted by atomic mass is 9.81. The van der Waals surface area contributed by atoms with Gasteiger partial charge in [0.15, 0.2) is 0 Å². The Morgan fingerprint density at radius 3 is 2.15 bits per heavy atom. The minimum absolute atomic E-state index is 0.185. The van der Waals surface area contributed by atoms with E-state index in [0.717, 1.165) is 19.5 Å². The second-order valence-corrected chi connectivity index (χ2v) is 4.96. The summed E-state index contributed by atoms with van der Waals surface area (Å²) in [5, 5.41) is 12.4. The van der Waals surface area contributed by atoms with E-state index < -0.39 is 0 Å². The number of nitrogens with one attached hydrogen (secondary N) is 1. The van der Waals surface area contributed by atoms with Gasteiger partial charge in [-0.15, -0.1) is 0 Å². The maximum Gasteiger partial charge on any atom is 0.0524 e. The van der Waals surface area contributed by atoms with E-state index in [1.54, 1.807) is 0 Å². The molecule has 0 aromatic rings. The van der Waals surface area contributed by atoms with Crippen LogP contribution in [0, 0.1) is 11.3 Å². The molecule has 0 aliphatic carbocycles. The second kappa shape index (κ2) is 5.61. The van der Waals surface area contributed by atoms with Gasteiger partial charge in [0.2, 0.25) is 0 Å². The fourth-order valence-corrected chi connectivity index (χ4v) is 0.926. The molecule has 0 radical (unpaired) electrons. The average Bonchev–Trinajstić information content (AvgIpc) is 1.97. The molecule has 0 aromatic carbocycles. The first kappa shape index (κ1) is 12.9. The first-order valence-electron chi connectivity index (χ1n) is 5.25. The smallest absolute Gasteiger partial charge is 0.0524 e. The fraction of sp³-hybridized carbons (Fsp3) is 1.00. The van der Waals surface area contributed by atoms with E-state index in [1.807, 2.05) is 6.92 Å². The van der Waals surface area contributed by atoms with Crippen LogP contribution >= 0.6 is 0 Å². The van der Waals surface area contributed by atoms with Crippen molar-refractivity contribution >= 4 is 0 Å². The maximum absolute atomic E-state index is 9.05. The Balaban J connectivity index is 3.52. The van der Waals surface area contributed by atoms with E-state index in [1.165, 1.54) is 0 Å². The summed E-state index contributed by atoms with van der Waals surface area (Å²) in [4.78, 5) is 0. The molecule has 2 nitrogen and oxygen atoms in total. The highest BCUT2D eigenvalue weighted by atomic mass is 16.3. The topological polar surface area (TPSA) is 32.3 Å². The first-order valence-corrected chi connectivity index (χ1v) is 5.25. The molecule has 2 heteroatoms. The Kier molecular flexibility index (Phi) is 5.57. The number of hydrogen-bond acceptors (Lipinski definition) is 2. The highest BCUT2D eigenvalue weighted by Gasteiger charge is 2.21. The van der Waals surface area contributed by atoms with E-state index in [9.17, 15) is 0 Å². The molecule has 0 amide bonds. The van der Waals surface area contributed by atoms with Gasteiger partial charge in [0, 0.05) is 6.54 Å². The number of aliphatic hydroxyl groups excluding tert-OH is 1. The van der Waals surface area contributed by atoms with Crippen molar-refractivity contribution in [2.75, 3.05) is 13.1 Å². The zero-order chi connectivity index (χ0) is 10.5. The summed E-state index contributed by atoms with van der Waals surface area (Å²) < 4.78 is 0. The third-order valence-corrected chi connectivity index (χ3v) is 2.88. The molecule has 13 heavy (non-hydrogen) atoms. The van der Waals surface area contributed by atoms with Gasteiger partial charge < -0.3 is 10.4 Å². The van der Waals surface area contributed by atoms with Crippen molar-refractivity contribution in [1.29, 1.82) is 0 Å². The van der Waals surface area contributed by atoms with Crippen molar-refractivity contribution in [3.8, 4) is 0 Å².